The lowest BCUT2D eigenvalue weighted by Gasteiger charge is -2.29. The summed E-state index contributed by atoms with van der Waals surface area (Å²) >= 11 is 0. The highest BCUT2D eigenvalue weighted by Gasteiger charge is 2.31. The average molecular weight is 636 g/mol. The molecule has 0 bridgehead atoms. The van der Waals surface area contributed by atoms with Crippen molar-refractivity contribution in [3.05, 3.63) is 180 Å². The first kappa shape index (κ1) is 28.9. The number of hydrogen-bond acceptors (Lipinski definition) is 2. The van der Waals surface area contributed by atoms with Gasteiger partial charge in [0.1, 0.15) is 0 Å². The summed E-state index contributed by atoms with van der Waals surface area (Å²) in [4.78, 5) is 5.46. The molecule has 2 nitrogen and oxygen atoms in total. The van der Waals surface area contributed by atoms with Crippen molar-refractivity contribution in [3.8, 4) is 44.8 Å². The summed E-state index contributed by atoms with van der Waals surface area (Å²) in [5.74, 6) is 0. The van der Waals surface area contributed by atoms with Gasteiger partial charge in [-0.3, -0.25) is 0 Å². The van der Waals surface area contributed by atoms with E-state index < -0.39 is 7.14 Å². The number of nitrogens with zero attached hydrogens (tertiary/aromatic N) is 1. The van der Waals surface area contributed by atoms with Crippen LogP contribution in [0.4, 0.5) is 0 Å². The van der Waals surface area contributed by atoms with E-state index >= 15 is 0 Å². The lowest BCUT2D eigenvalue weighted by molar-refractivity contribution is 0.592. The molecule has 9 rings (SSSR count). The molecule has 2 aliphatic carbocycles. The largest absolute Gasteiger partial charge is 0.309 e. The van der Waals surface area contributed by atoms with Gasteiger partial charge in [-0.15, -0.1) is 0 Å². The van der Waals surface area contributed by atoms with Crippen molar-refractivity contribution >= 4 is 23.1 Å². The summed E-state index contributed by atoms with van der Waals surface area (Å²) in [7, 11) is -3.03. The fourth-order valence-electron chi connectivity index (χ4n) is 7.85. The number of aryl methyl sites for hydroxylation is 2. The number of pyridine rings is 1. The van der Waals surface area contributed by atoms with Crippen molar-refractivity contribution in [2.45, 2.75) is 25.7 Å². The van der Waals surface area contributed by atoms with Crippen LogP contribution in [0.1, 0.15) is 22.3 Å². The maximum absolute atomic E-state index is 14.9. The molecule has 0 atom stereocenters. The highest BCUT2D eigenvalue weighted by atomic mass is 31.2. The van der Waals surface area contributed by atoms with Gasteiger partial charge in [0, 0.05) is 27.0 Å². The molecule has 0 fully saturated rings. The molecule has 0 saturated carbocycles. The monoisotopic (exact) mass is 635 g/mol. The molecule has 0 spiro atoms. The van der Waals surface area contributed by atoms with Crippen LogP contribution >= 0.6 is 7.14 Å². The molecule has 0 unspecified atom stereocenters. The van der Waals surface area contributed by atoms with Crippen LogP contribution in [0.5, 0.6) is 0 Å². The van der Waals surface area contributed by atoms with Gasteiger partial charge in [0.25, 0.3) is 0 Å². The molecule has 48 heavy (non-hydrogen) atoms. The third-order valence-electron chi connectivity index (χ3n) is 10.2. The predicted octanol–water partition coefficient (Wildman–Crippen LogP) is 9.59. The van der Waals surface area contributed by atoms with Gasteiger partial charge in [0.15, 0.2) is 7.14 Å². The second-order valence-corrected chi connectivity index (χ2v) is 15.6. The van der Waals surface area contributed by atoms with E-state index in [-0.39, 0.29) is 0 Å². The molecule has 7 aromatic rings. The Morgan fingerprint density at radius 2 is 0.896 bits per heavy atom. The summed E-state index contributed by atoms with van der Waals surface area (Å²) in [5.41, 5.74) is 15.1. The molecule has 6 aromatic carbocycles. The SMILES string of the molecule is O=P(c1ccccc1)(c1ccccc1)c1ccc(-c2cccc(-c3c4c(nc5c3CCc3ccccc3-5)-c3ccccc3CC4)c2)cc1. The predicted molar refractivity (Wildman–Crippen MR) is 200 cm³/mol. The van der Waals surface area contributed by atoms with Gasteiger partial charge in [-0.25, -0.2) is 4.98 Å². The second-order valence-electron chi connectivity index (χ2n) is 12.9. The van der Waals surface area contributed by atoms with E-state index in [4.69, 9.17) is 4.98 Å². The van der Waals surface area contributed by atoms with E-state index in [1.165, 1.54) is 44.5 Å². The number of fused-ring (bicyclic) bond motifs is 6. The van der Waals surface area contributed by atoms with Crippen molar-refractivity contribution in [2.24, 2.45) is 0 Å². The van der Waals surface area contributed by atoms with Crippen LogP contribution in [-0.2, 0) is 30.2 Å². The Hall–Kier alpha value is -5.30. The van der Waals surface area contributed by atoms with Gasteiger partial charge in [-0.2, -0.15) is 0 Å². The van der Waals surface area contributed by atoms with Gasteiger partial charge < -0.3 is 4.57 Å². The zero-order valence-corrected chi connectivity index (χ0v) is 27.5. The van der Waals surface area contributed by atoms with Gasteiger partial charge in [0.2, 0.25) is 0 Å². The minimum Gasteiger partial charge on any atom is -0.309 e. The Balaban J connectivity index is 1.18. The summed E-state index contributed by atoms with van der Waals surface area (Å²) in [6, 6.07) is 54.7. The van der Waals surface area contributed by atoms with Crippen molar-refractivity contribution < 1.29 is 4.57 Å². The maximum atomic E-state index is 14.9. The molecular formula is C45H34NOP. The second kappa shape index (κ2) is 11.7. The van der Waals surface area contributed by atoms with Crippen molar-refractivity contribution in [2.75, 3.05) is 0 Å². The quantitative estimate of drug-likeness (QED) is 0.176. The smallest absolute Gasteiger partial charge is 0.171 e. The van der Waals surface area contributed by atoms with E-state index in [0.29, 0.717) is 0 Å². The molecule has 1 heterocycles. The fraction of sp³-hybridized carbons (Fsp3) is 0.0889. The van der Waals surface area contributed by atoms with Crippen LogP contribution in [-0.4, -0.2) is 4.98 Å². The van der Waals surface area contributed by atoms with Crippen LogP contribution in [0.15, 0.2) is 158 Å². The van der Waals surface area contributed by atoms with E-state index in [1.54, 1.807) is 0 Å². The maximum Gasteiger partial charge on any atom is 0.171 e. The Bertz CT molecular complexity index is 2240. The molecule has 0 saturated heterocycles. The summed E-state index contributed by atoms with van der Waals surface area (Å²) in [6.45, 7) is 0. The standard InChI is InChI=1S/C45H34NOP/c47-48(36-16-3-1-4-17-36,37-18-5-2-6-19-37)38-26-22-31(23-27-38)34-14-11-15-35(30-34)43-41-28-24-32-12-7-9-20-39(32)44(41)46-45-40-21-10-8-13-33(40)25-29-42(43)45/h1-23,26-27,30H,24-25,28-29H2. The van der Waals surface area contributed by atoms with Gasteiger partial charge in [0.05, 0.1) is 11.4 Å². The van der Waals surface area contributed by atoms with E-state index in [9.17, 15) is 4.57 Å². The molecule has 3 heteroatoms. The van der Waals surface area contributed by atoms with Crippen LogP contribution in [0.2, 0.25) is 0 Å². The van der Waals surface area contributed by atoms with Crippen LogP contribution < -0.4 is 15.9 Å². The third kappa shape index (κ3) is 4.71. The summed E-state index contributed by atoms with van der Waals surface area (Å²) < 4.78 is 14.9. The van der Waals surface area contributed by atoms with Gasteiger partial charge in [-0.05, 0) is 76.3 Å². The Labute approximate surface area is 282 Å². The van der Waals surface area contributed by atoms with E-state index in [2.05, 4.69) is 97.1 Å². The molecule has 0 amide bonds. The lowest BCUT2D eigenvalue weighted by atomic mass is 9.78. The first-order chi connectivity index (χ1) is 23.7. The Kier molecular flexibility index (Phi) is 7.07. The van der Waals surface area contributed by atoms with E-state index in [1.807, 2.05) is 60.7 Å². The van der Waals surface area contributed by atoms with Gasteiger partial charge in [-0.1, -0.05) is 152 Å². The third-order valence-corrected chi connectivity index (χ3v) is 13.3. The van der Waals surface area contributed by atoms with E-state index in [0.717, 1.165) is 64.1 Å². The van der Waals surface area contributed by atoms with Crippen LogP contribution in [0.3, 0.4) is 0 Å². The van der Waals surface area contributed by atoms with Crippen molar-refractivity contribution in [3.63, 3.8) is 0 Å². The number of rotatable bonds is 5. The zero-order chi connectivity index (χ0) is 32.1. The molecule has 0 N–H and O–H groups in total. The fourth-order valence-corrected chi connectivity index (χ4v) is 10.5. The Morgan fingerprint density at radius 1 is 0.417 bits per heavy atom. The highest BCUT2D eigenvalue weighted by Crippen LogP contribution is 2.46. The summed E-state index contributed by atoms with van der Waals surface area (Å²) in [5, 5.41) is 2.54. The average Bonchev–Trinajstić information content (AvgIpc) is 3.17. The van der Waals surface area contributed by atoms with Crippen molar-refractivity contribution in [1.29, 1.82) is 0 Å². The highest BCUT2D eigenvalue weighted by molar-refractivity contribution is 7.85. The topological polar surface area (TPSA) is 30.0 Å². The van der Waals surface area contributed by atoms with Crippen LogP contribution in [0, 0.1) is 0 Å². The molecule has 0 radical (unpaired) electrons. The number of benzene rings is 6. The lowest BCUT2D eigenvalue weighted by Crippen LogP contribution is -2.24. The number of hydrogen-bond donors (Lipinski definition) is 0. The summed E-state index contributed by atoms with van der Waals surface area (Å²) in [6.07, 6.45) is 4.02. The number of aromatic nitrogens is 1. The van der Waals surface area contributed by atoms with Crippen molar-refractivity contribution in [1.82, 2.24) is 4.98 Å². The van der Waals surface area contributed by atoms with Gasteiger partial charge >= 0.3 is 0 Å². The molecule has 230 valence electrons. The first-order valence-electron chi connectivity index (χ1n) is 16.8. The molecule has 1 aromatic heterocycles. The zero-order valence-electron chi connectivity index (χ0n) is 26.6. The van der Waals surface area contributed by atoms with Crippen LogP contribution in [0.25, 0.3) is 44.8 Å². The molecular weight excluding hydrogens is 601 g/mol. The normalized spacial score (nSPS) is 13.2. The first-order valence-corrected chi connectivity index (χ1v) is 18.5. The molecule has 2 aliphatic rings. The minimum atomic E-state index is -3.03. The Morgan fingerprint density at radius 3 is 1.46 bits per heavy atom. The molecule has 0 aliphatic heterocycles. The minimum absolute atomic E-state index is 0.842.